The van der Waals surface area contributed by atoms with E-state index in [0.29, 0.717) is 16.4 Å². The van der Waals surface area contributed by atoms with Crippen LogP contribution in [-0.4, -0.2) is 25.9 Å². The number of nitrogens with zero attached hydrogens (tertiary/aromatic N) is 4. The maximum Gasteiger partial charge on any atom is 0.278 e. The van der Waals surface area contributed by atoms with Gasteiger partial charge in [0, 0.05) is 10.4 Å². The van der Waals surface area contributed by atoms with Gasteiger partial charge in [-0.2, -0.15) is 0 Å². The number of benzene rings is 2. The predicted molar refractivity (Wildman–Crippen MR) is 101 cm³/mol. The molecular formula is C19H14ClN5O. The molecular weight excluding hydrogens is 350 g/mol. The van der Waals surface area contributed by atoms with Gasteiger partial charge < -0.3 is 5.32 Å². The average molecular weight is 364 g/mol. The molecule has 7 heteroatoms. The molecule has 0 bridgehead atoms. The summed E-state index contributed by atoms with van der Waals surface area (Å²) < 4.78 is 1.58. The van der Waals surface area contributed by atoms with E-state index in [1.165, 1.54) is 0 Å². The van der Waals surface area contributed by atoms with E-state index in [4.69, 9.17) is 11.6 Å². The number of hydrogen-bond acceptors (Lipinski definition) is 4. The van der Waals surface area contributed by atoms with E-state index < -0.39 is 0 Å². The zero-order chi connectivity index (χ0) is 18.1. The van der Waals surface area contributed by atoms with Gasteiger partial charge in [-0.1, -0.05) is 41.1 Å². The Morgan fingerprint density at radius 1 is 1.12 bits per heavy atom. The molecule has 0 aliphatic heterocycles. The van der Waals surface area contributed by atoms with E-state index in [-0.39, 0.29) is 11.6 Å². The molecule has 0 spiro atoms. The summed E-state index contributed by atoms with van der Waals surface area (Å²) in [6.07, 6.45) is 1.62. The molecule has 0 fully saturated rings. The highest BCUT2D eigenvalue weighted by Crippen LogP contribution is 2.19. The van der Waals surface area contributed by atoms with E-state index in [0.717, 1.165) is 16.6 Å². The van der Waals surface area contributed by atoms with Crippen LogP contribution >= 0.6 is 11.6 Å². The van der Waals surface area contributed by atoms with Crippen molar-refractivity contribution < 1.29 is 4.79 Å². The summed E-state index contributed by atoms with van der Waals surface area (Å²) in [6.45, 7) is 1.79. The monoisotopic (exact) mass is 363 g/mol. The summed E-state index contributed by atoms with van der Waals surface area (Å²) in [4.78, 5) is 16.9. The predicted octanol–water partition coefficient (Wildman–Crippen LogP) is 4.03. The molecule has 0 aliphatic carbocycles. The van der Waals surface area contributed by atoms with Crippen LogP contribution in [-0.2, 0) is 0 Å². The number of carbonyl (C=O) groups excluding carboxylic acids is 1. The van der Waals surface area contributed by atoms with Gasteiger partial charge in [-0.3, -0.25) is 9.78 Å². The summed E-state index contributed by atoms with van der Waals surface area (Å²) in [7, 11) is 0. The first kappa shape index (κ1) is 16.2. The van der Waals surface area contributed by atoms with E-state index in [2.05, 4.69) is 20.6 Å². The number of aromatic nitrogens is 4. The molecule has 6 nitrogen and oxygen atoms in total. The van der Waals surface area contributed by atoms with Crippen molar-refractivity contribution in [3.8, 4) is 5.69 Å². The highest BCUT2D eigenvalue weighted by Gasteiger charge is 2.18. The van der Waals surface area contributed by atoms with Gasteiger partial charge in [0.1, 0.15) is 0 Å². The maximum atomic E-state index is 12.6. The molecule has 26 heavy (non-hydrogen) atoms. The average Bonchev–Trinajstić information content (AvgIpc) is 3.03. The highest BCUT2D eigenvalue weighted by molar-refractivity contribution is 6.30. The molecule has 0 saturated heterocycles. The van der Waals surface area contributed by atoms with Crippen molar-refractivity contribution in [1.29, 1.82) is 0 Å². The van der Waals surface area contributed by atoms with Crippen LogP contribution < -0.4 is 5.32 Å². The summed E-state index contributed by atoms with van der Waals surface area (Å²) >= 11 is 6.02. The number of nitrogens with one attached hydrogen (secondary N) is 1. The number of anilines is 1. The van der Waals surface area contributed by atoms with Crippen molar-refractivity contribution in [2.24, 2.45) is 0 Å². The Balaban J connectivity index is 1.62. The Bertz CT molecular complexity index is 1120. The summed E-state index contributed by atoms with van der Waals surface area (Å²) in [5, 5.41) is 12.5. The first-order valence-corrected chi connectivity index (χ1v) is 8.34. The lowest BCUT2D eigenvalue weighted by Crippen LogP contribution is -2.14. The Morgan fingerprint density at radius 3 is 2.81 bits per heavy atom. The van der Waals surface area contributed by atoms with Crippen molar-refractivity contribution in [1.82, 2.24) is 20.0 Å². The highest BCUT2D eigenvalue weighted by atomic mass is 35.5. The quantitative estimate of drug-likeness (QED) is 0.596. The first-order valence-electron chi connectivity index (χ1n) is 7.96. The van der Waals surface area contributed by atoms with Crippen molar-refractivity contribution in [2.75, 3.05) is 5.32 Å². The lowest BCUT2D eigenvalue weighted by Gasteiger charge is -2.06. The van der Waals surface area contributed by atoms with Gasteiger partial charge in [0.2, 0.25) is 0 Å². The molecule has 0 unspecified atom stereocenters. The second kappa shape index (κ2) is 6.57. The SMILES string of the molecule is Cc1c(C(=O)Nc2cnc3ccccc3c2)nnn1-c1cccc(Cl)c1. The zero-order valence-electron chi connectivity index (χ0n) is 13.8. The lowest BCUT2D eigenvalue weighted by atomic mass is 10.2. The largest absolute Gasteiger partial charge is 0.319 e. The molecule has 0 aliphatic rings. The number of hydrogen-bond donors (Lipinski definition) is 1. The second-order valence-corrected chi connectivity index (χ2v) is 6.22. The topological polar surface area (TPSA) is 72.7 Å². The summed E-state index contributed by atoms with van der Waals surface area (Å²) in [5.74, 6) is -0.340. The molecule has 2 aromatic heterocycles. The minimum Gasteiger partial charge on any atom is -0.319 e. The van der Waals surface area contributed by atoms with Gasteiger partial charge in [-0.05, 0) is 37.3 Å². The van der Waals surface area contributed by atoms with Crippen molar-refractivity contribution in [3.63, 3.8) is 0 Å². The fourth-order valence-corrected chi connectivity index (χ4v) is 2.91. The number of amides is 1. The van der Waals surface area contributed by atoms with E-state index in [9.17, 15) is 4.79 Å². The smallest absolute Gasteiger partial charge is 0.278 e. The molecule has 0 radical (unpaired) electrons. The van der Waals surface area contributed by atoms with Gasteiger partial charge in [-0.25, -0.2) is 4.68 Å². The standard InChI is InChI=1S/C19H14ClN5O/c1-12-18(23-24-25(12)16-7-4-6-14(20)10-16)19(26)22-15-9-13-5-2-3-8-17(13)21-11-15/h2-11H,1H3,(H,22,26). The third-order valence-corrected chi connectivity index (χ3v) is 4.25. The van der Waals surface area contributed by atoms with Crippen molar-refractivity contribution >= 4 is 34.1 Å². The number of carbonyl (C=O) groups is 1. The molecule has 128 valence electrons. The number of fused-ring (bicyclic) bond motifs is 1. The van der Waals surface area contributed by atoms with E-state index in [1.807, 2.05) is 42.5 Å². The molecule has 1 N–H and O–H groups in total. The van der Waals surface area contributed by atoms with Gasteiger partial charge in [0.15, 0.2) is 5.69 Å². The van der Waals surface area contributed by atoms with Crippen LogP contribution in [0.4, 0.5) is 5.69 Å². The molecule has 1 amide bonds. The number of rotatable bonds is 3. The van der Waals surface area contributed by atoms with E-state index in [1.54, 1.807) is 29.9 Å². The van der Waals surface area contributed by atoms with Crippen molar-refractivity contribution in [2.45, 2.75) is 6.92 Å². The van der Waals surface area contributed by atoms with Gasteiger partial charge in [0.25, 0.3) is 5.91 Å². The summed E-state index contributed by atoms with van der Waals surface area (Å²) in [6, 6.07) is 16.8. The molecule has 2 heterocycles. The lowest BCUT2D eigenvalue weighted by molar-refractivity contribution is 0.102. The molecule has 2 aromatic carbocycles. The Morgan fingerprint density at radius 2 is 1.96 bits per heavy atom. The van der Waals surface area contributed by atoms with Crippen LogP contribution in [0.25, 0.3) is 16.6 Å². The fourth-order valence-electron chi connectivity index (χ4n) is 2.72. The summed E-state index contributed by atoms with van der Waals surface area (Å²) in [5.41, 5.74) is 3.09. The van der Waals surface area contributed by atoms with Crippen LogP contribution in [0.1, 0.15) is 16.2 Å². The molecule has 0 saturated carbocycles. The minimum atomic E-state index is -0.340. The normalized spacial score (nSPS) is 10.8. The molecule has 4 aromatic rings. The Hall–Kier alpha value is -3.25. The Labute approximate surface area is 154 Å². The van der Waals surface area contributed by atoms with Gasteiger partial charge >= 0.3 is 0 Å². The number of halogens is 1. The zero-order valence-corrected chi connectivity index (χ0v) is 14.6. The second-order valence-electron chi connectivity index (χ2n) is 5.79. The molecule has 4 rings (SSSR count). The van der Waals surface area contributed by atoms with Crippen LogP contribution in [0.5, 0.6) is 0 Å². The first-order chi connectivity index (χ1) is 12.6. The third-order valence-electron chi connectivity index (χ3n) is 4.01. The number of pyridine rings is 1. The fraction of sp³-hybridized carbons (Fsp3) is 0.0526. The van der Waals surface area contributed by atoms with Crippen LogP contribution in [0, 0.1) is 6.92 Å². The minimum absolute atomic E-state index is 0.248. The maximum absolute atomic E-state index is 12.6. The van der Waals surface area contributed by atoms with Crippen LogP contribution in [0.2, 0.25) is 5.02 Å². The van der Waals surface area contributed by atoms with E-state index >= 15 is 0 Å². The van der Waals surface area contributed by atoms with Crippen LogP contribution in [0.3, 0.4) is 0 Å². The van der Waals surface area contributed by atoms with Crippen LogP contribution in [0.15, 0.2) is 60.8 Å². The number of para-hydroxylation sites is 1. The van der Waals surface area contributed by atoms with Crippen molar-refractivity contribution in [3.05, 3.63) is 77.2 Å². The van der Waals surface area contributed by atoms with Gasteiger partial charge in [-0.15, -0.1) is 5.10 Å². The Kier molecular flexibility index (Phi) is 4.10. The molecule has 0 atom stereocenters. The van der Waals surface area contributed by atoms with Gasteiger partial charge in [0.05, 0.1) is 28.8 Å². The third kappa shape index (κ3) is 3.02.